The molecular weight excluding hydrogens is 210 g/mol. The van der Waals surface area contributed by atoms with E-state index in [0.29, 0.717) is 0 Å². The molecule has 2 rings (SSSR count). The van der Waals surface area contributed by atoms with Crippen LogP contribution in [0.5, 0.6) is 0 Å². The first-order valence-electron chi connectivity index (χ1n) is 7.38. The van der Waals surface area contributed by atoms with Gasteiger partial charge in [-0.2, -0.15) is 0 Å². The Labute approximate surface area is 107 Å². The van der Waals surface area contributed by atoms with Crippen molar-refractivity contribution in [3.8, 4) is 0 Å². The Morgan fingerprint density at radius 1 is 1.12 bits per heavy atom. The lowest BCUT2D eigenvalue weighted by molar-refractivity contribution is 0.186. The van der Waals surface area contributed by atoms with E-state index in [1.807, 2.05) is 0 Å². The molecule has 3 nitrogen and oxygen atoms in total. The summed E-state index contributed by atoms with van der Waals surface area (Å²) in [5.74, 6) is 0. The van der Waals surface area contributed by atoms with E-state index in [2.05, 4.69) is 29.2 Å². The molecule has 2 fully saturated rings. The van der Waals surface area contributed by atoms with Gasteiger partial charge in [-0.25, -0.2) is 0 Å². The first kappa shape index (κ1) is 13.3. The van der Waals surface area contributed by atoms with Crippen LogP contribution in [0.25, 0.3) is 0 Å². The molecule has 1 N–H and O–H groups in total. The van der Waals surface area contributed by atoms with E-state index in [0.717, 1.165) is 12.1 Å². The van der Waals surface area contributed by atoms with Gasteiger partial charge in [-0.1, -0.05) is 6.42 Å². The Morgan fingerprint density at radius 2 is 2.00 bits per heavy atom. The minimum Gasteiger partial charge on any atom is -0.313 e. The summed E-state index contributed by atoms with van der Waals surface area (Å²) in [6.45, 7) is 5.03. The van der Waals surface area contributed by atoms with Crippen molar-refractivity contribution < 1.29 is 0 Å². The number of piperidine rings is 1. The molecule has 0 amide bonds. The Balaban J connectivity index is 1.75. The van der Waals surface area contributed by atoms with Crippen molar-refractivity contribution in [3.05, 3.63) is 0 Å². The van der Waals surface area contributed by atoms with Crippen molar-refractivity contribution >= 4 is 0 Å². The molecule has 2 saturated heterocycles. The van der Waals surface area contributed by atoms with Crippen LogP contribution in [-0.2, 0) is 0 Å². The van der Waals surface area contributed by atoms with Gasteiger partial charge in [0, 0.05) is 18.6 Å². The van der Waals surface area contributed by atoms with Crippen molar-refractivity contribution in [2.24, 2.45) is 0 Å². The van der Waals surface area contributed by atoms with Gasteiger partial charge in [0.05, 0.1) is 0 Å². The van der Waals surface area contributed by atoms with Gasteiger partial charge in [0.2, 0.25) is 0 Å². The molecule has 0 spiro atoms. The maximum absolute atomic E-state index is 3.66. The minimum atomic E-state index is 0.745. The molecule has 100 valence electrons. The monoisotopic (exact) mass is 239 g/mol. The van der Waals surface area contributed by atoms with Crippen molar-refractivity contribution in [1.82, 2.24) is 15.1 Å². The molecule has 0 aromatic carbocycles. The quantitative estimate of drug-likeness (QED) is 0.806. The summed E-state index contributed by atoms with van der Waals surface area (Å²) in [4.78, 5) is 5.09. The Kier molecular flexibility index (Phi) is 5.26. The summed E-state index contributed by atoms with van der Waals surface area (Å²) in [7, 11) is 4.58. The van der Waals surface area contributed by atoms with E-state index in [-0.39, 0.29) is 0 Å². The van der Waals surface area contributed by atoms with Crippen LogP contribution in [0.2, 0.25) is 0 Å². The van der Waals surface area contributed by atoms with Gasteiger partial charge < -0.3 is 15.1 Å². The molecule has 2 aliphatic heterocycles. The van der Waals surface area contributed by atoms with Gasteiger partial charge in [-0.3, -0.25) is 0 Å². The molecule has 3 heteroatoms. The average Bonchev–Trinajstić information content (AvgIpc) is 2.55. The molecule has 0 aromatic rings. The molecule has 2 aliphatic rings. The largest absolute Gasteiger partial charge is 0.313 e. The van der Waals surface area contributed by atoms with Crippen LogP contribution in [0.15, 0.2) is 0 Å². The fourth-order valence-corrected chi connectivity index (χ4v) is 3.24. The molecule has 0 aliphatic carbocycles. The number of hydrogen-bond donors (Lipinski definition) is 1. The Hall–Kier alpha value is -0.120. The second kappa shape index (κ2) is 6.72. The van der Waals surface area contributed by atoms with Gasteiger partial charge in [0.1, 0.15) is 0 Å². The van der Waals surface area contributed by atoms with Crippen LogP contribution < -0.4 is 5.32 Å². The highest BCUT2D eigenvalue weighted by molar-refractivity contribution is 4.80. The third-order valence-corrected chi connectivity index (χ3v) is 4.47. The first-order chi connectivity index (χ1) is 8.25. The standard InChI is InChI=1S/C14H29N3/c1-16-10-5-7-14(8-11-16)17(2)12-13-6-3-4-9-15-13/h13-15H,3-12H2,1-2H3. The summed E-state index contributed by atoms with van der Waals surface area (Å²) in [6, 6.07) is 1.55. The van der Waals surface area contributed by atoms with E-state index >= 15 is 0 Å². The number of rotatable bonds is 3. The maximum atomic E-state index is 3.66. The summed E-state index contributed by atoms with van der Waals surface area (Å²) in [5, 5.41) is 3.66. The SMILES string of the molecule is CN1CCCC(N(C)CC2CCCCN2)CC1. The second-order valence-electron chi connectivity index (χ2n) is 5.97. The van der Waals surface area contributed by atoms with Crippen LogP contribution >= 0.6 is 0 Å². The molecule has 2 unspecified atom stereocenters. The summed E-state index contributed by atoms with van der Waals surface area (Å²) >= 11 is 0. The number of hydrogen-bond acceptors (Lipinski definition) is 3. The predicted octanol–water partition coefficient (Wildman–Crippen LogP) is 1.54. The zero-order chi connectivity index (χ0) is 12.1. The third kappa shape index (κ3) is 4.23. The first-order valence-corrected chi connectivity index (χ1v) is 7.38. The predicted molar refractivity (Wildman–Crippen MR) is 73.4 cm³/mol. The van der Waals surface area contributed by atoms with Crippen LogP contribution in [0.3, 0.4) is 0 Å². The lowest BCUT2D eigenvalue weighted by Gasteiger charge is -2.33. The smallest absolute Gasteiger partial charge is 0.0195 e. The molecule has 0 radical (unpaired) electrons. The summed E-state index contributed by atoms with van der Waals surface area (Å²) in [5.41, 5.74) is 0. The Bertz CT molecular complexity index is 214. The van der Waals surface area contributed by atoms with Crippen molar-refractivity contribution in [1.29, 1.82) is 0 Å². The lowest BCUT2D eigenvalue weighted by atomic mass is 10.0. The van der Waals surface area contributed by atoms with Crippen LogP contribution in [0.1, 0.15) is 38.5 Å². The topological polar surface area (TPSA) is 18.5 Å². The Morgan fingerprint density at radius 3 is 2.76 bits per heavy atom. The highest BCUT2D eigenvalue weighted by atomic mass is 15.2. The van der Waals surface area contributed by atoms with Gasteiger partial charge in [-0.15, -0.1) is 0 Å². The lowest BCUT2D eigenvalue weighted by Crippen LogP contribution is -2.45. The maximum Gasteiger partial charge on any atom is 0.0195 e. The van der Waals surface area contributed by atoms with Crippen LogP contribution in [-0.4, -0.2) is 62.2 Å². The van der Waals surface area contributed by atoms with Crippen LogP contribution in [0.4, 0.5) is 0 Å². The highest BCUT2D eigenvalue weighted by Crippen LogP contribution is 2.16. The van der Waals surface area contributed by atoms with E-state index < -0.39 is 0 Å². The fourth-order valence-electron chi connectivity index (χ4n) is 3.24. The van der Waals surface area contributed by atoms with Crippen molar-refractivity contribution in [3.63, 3.8) is 0 Å². The fraction of sp³-hybridized carbons (Fsp3) is 1.00. The molecule has 2 heterocycles. The summed E-state index contributed by atoms with van der Waals surface area (Å²) < 4.78 is 0. The highest BCUT2D eigenvalue weighted by Gasteiger charge is 2.22. The molecule has 2 atom stereocenters. The molecular formula is C14H29N3. The van der Waals surface area contributed by atoms with E-state index in [1.165, 1.54) is 64.7 Å². The van der Waals surface area contributed by atoms with Crippen LogP contribution in [0, 0.1) is 0 Å². The zero-order valence-corrected chi connectivity index (χ0v) is 11.6. The molecule has 0 aromatic heterocycles. The van der Waals surface area contributed by atoms with Crippen molar-refractivity contribution in [2.75, 3.05) is 40.3 Å². The normalized spacial score (nSPS) is 32.6. The third-order valence-electron chi connectivity index (χ3n) is 4.47. The van der Waals surface area contributed by atoms with E-state index in [9.17, 15) is 0 Å². The van der Waals surface area contributed by atoms with E-state index in [4.69, 9.17) is 0 Å². The average molecular weight is 239 g/mol. The van der Waals surface area contributed by atoms with Gasteiger partial charge in [0.15, 0.2) is 0 Å². The van der Waals surface area contributed by atoms with Gasteiger partial charge >= 0.3 is 0 Å². The second-order valence-corrected chi connectivity index (χ2v) is 5.97. The number of nitrogens with zero attached hydrogens (tertiary/aromatic N) is 2. The van der Waals surface area contributed by atoms with Gasteiger partial charge in [-0.05, 0) is 65.8 Å². The zero-order valence-electron chi connectivity index (χ0n) is 11.6. The van der Waals surface area contributed by atoms with Gasteiger partial charge in [0.25, 0.3) is 0 Å². The number of likely N-dealkylation sites (tertiary alicyclic amines) is 1. The summed E-state index contributed by atoms with van der Waals surface area (Å²) in [6.07, 6.45) is 8.25. The molecule has 0 bridgehead atoms. The number of nitrogens with one attached hydrogen (secondary N) is 1. The van der Waals surface area contributed by atoms with E-state index in [1.54, 1.807) is 0 Å². The molecule has 0 saturated carbocycles. The van der Waals surface area contributed by atoms with Crippen molar-refractivity contribution in [2.45, 2.75) is 50.6 Å². The number of likely N-dealkylation sites (N-methyl/N-ethyl adjacent to an activating group) is 1. The minimum absolute atomic E-state index is 0.745. The molecule has 17 heavy (non-hydrogen) atoms.